The topological polar surface area (TPSA) is 88.9 Å². The fraction of sp³-hybridized carbons (Fsp3) is 0.0870. The number of furan rings is 1. The molecule has 1 N–H and O–H groups in total. The fourth-order valence-corrected chi connectivity index (χ4v) is 3.49. The van der Waals surface area contributed by atoms with E-state index in [2.05, 4.69) is 5.32 Å². The molecule has 0 atom stereocenters. The SMILES string of the molecule is O=C1NC(=O)N(Cc2ccco2)C(=O)/C1=C/c1ccc(OCc2ccc(Cl)cc2Cl)cc1. The van der Waals surface area contributed by atoms with Gasteiger partial charge in [0.1, 0.15) is 23.7 Å². The highest BCUT2D eigenvalue weighted by molar-refractivity contribution is 6.35. The largest absolute Gasteiger partial charge is 0.489 e. The van der Waals surface area contributed by atoms with E-state index in [4.69, 9.17) is 32.4 Å². The van der Waals surface area contributed by atoms with E-state index in [0.29, 0.717) is 27.1 Å². The maximum Gasteiger partial charge on any atom is 0.331 e. The maximum absolute atomic E-state index is 12.7. The standard InChI is InChI=1S/C23H16Cl2N2O5/c24-16-6-5-15(20(25)11-16)13-32-17-7-3-14(4-8-17)10-19-21(28)26-23(30)27(22(19)29)12-18-2-1-9-31-18/h1-11H,12-13H2,(H,26,28,30)/b19-10+. The minimum atomic E-state index is -0.793. The summed E-state index contributed by atoms with van der Waals surface area (Å²) in [6, 6.07) is 14.4. The summed E-state index contributed by atoms with van der Waals surface area (Å²) in [7, 11) is 0. The van der Waals surface area contributed by atoms with Gasteiger partial charge in [0.25, 0.3) is 11.8 Å². The molecule has 1 aromatic heterocycles. The molecule has 2 heterocycles. The van der Waals surface area contributed by atoms with Crippen molar-refractivity contribution in [2.75, 3.05) is 0 Å². The summed E-state index contributed by atoms with van der Waals surface area (Å²) in [6.07, 6.45) is 2.85. The summed E-state index contributed by atoms with van der Waals surface area (Å²) in [4.78, 5) is 38.0. The van der Waals surface area contributed by atoms with Gasteiger partial charge in [0, 0.05) is 15.6 Å². The van der Waals surface area contributed by atoms with Gasteiger partial charge in [-0.25, -0.2) is 4.79 Å². The molecule has 32 heavy (non-hydrogen) atoms. The molecule has 0 saturated carbocycles. The molecule has 3 aromatic rings. The van der Waals surface area contributed by atoms with Gasteiger partial charge in [-0.2, -0.15) is 0 Å². The lowest BCUT2D eigenvalue weighted by molar-refractivity contribution is -0.130. The number of benzene rings is 2. The van der Waals surface area contributed by atoms with Crippen molar-refractivity contribution >= 4 is 47.1 Å². The maximum atomic E-state index is 12.7. The quantitative estimate of drug-likeness (QED) is 0.411. The first-order valence-corrected chi connectivity index (χ1v) is 10.2. The van der Waals surface area contributed by atoms with Crippen LogP contribution in [0.3, 0.4) is 0 Å². The summed E-state index contributed by atoms with van der Waals surface area (Å²) in [5.74, 6) is -0.460. The Balaban J connectivity index is 1.46. The average Bonchev–Trinajstić information content (AvgIpc) is 3.28. The lowest BCUT2D eigenvalue weighted by Gasteiger charge is -2.25. The summed E-state index contributed by atoms with van der Waals surface area (Å²) < 4.78 is 10.9. The van der Waals surface area contributed by atoms with E-state index in [-0.39, 0.29) is 18.7 Å². The van der Waals surface area contributed by atoms with Crippen LogP contribution in [0.25, 0.3) is 6.08 Å². The van der Waals surface area contributed by atoms with Crippen molar-refractivity contribution in [3.8, 4) is 5.75 Å². The van der Waals surface area contributed by atoms with Crippen LogP contribution >= 0.6 is 23.2 Å². The fourth-order valence-electron chi connectivity index (χ4n) is 3.02. The van der Waals surface area contributed by atoms with Gasteiger partial charge < -0.3 is 9.15 Å². The molecule has 1 aliphatic heterocycles. The first kappa shape index (κ1) is 21.7. The smallest absolute Gasteiger partial charge is 0.331 e. The predicted molar refractivity (Wildman–Crippen MR) is 118 cm³/mol. The third-order valence-electron chi connectivity index (χ3n) is 4.68. The van der Waals surface area contributed by atoms with Crippen LogP contribution in [0.4, 0.5) is 4.79 Å². The Bertz CT molecular complexity index is 1200. The number of nitrogens with one attached hydrogen (secondary N) is 1. The van der Waals surface area contributed by atoms with Gasteiger partial charge in [-0.3, -0.25) is 19.8 Å². The highest BCUT2D eigenvalue weighted by Crippen LogP contribution is 2.24. The van der Waals surface area contributed by atoms with Crippen LogP contribution in [0, 0.1) is 0 Å². The number of barbiturate groups is 1. The number of carbonyl (C=O) groups is 3. The van der Waals surface area contributed by atoms with E-state index in [1.165, 1.54) is 12.3 Å². The van der Waals surface area contributed by atoms with Gasteiger partial charge >= 0.3 is 6.03 Å². The summed E-state index contributed by atoms with van der Waals surface area (Å²) in [5.41, 5.74) is 1.22. The van der Waals surface area contributed by atoms with Gasteiger partial charge in [0.15, 0.2) is 0 Å². The van der Waals surface area contributed by atoms with Crippen LogP contribution in [0.5, 0.6) is 5.75 Å². The van der Waals surface area contributed by atoms with Crippen molar-refractivity contribution in [3.63, 3.8) is 0 Å². The number of amides is 4. The number of urea groups is 1. The van der Waals surface area contributed by atoms with E-state index in [9.17, 15) is 14.4 Å². The third-order valence-corrected chi connectivity index (χ3v) is 5.27. The van der Waals surface area contributed by atoms with Gasteiger partial charge in [0.05, 0.1) is 12.8 Å². The highest BCUT2D eigenvalue weighted by Gasteiger charge is 2.36. The number of hydrogen-bond acceptors (Lipinski definition) is 5. The first-order valence-electron chi connectivity index (χ1n) is 9.49. The molecule has 9 heteroatoms. The Kier molecular flexibility index (Phi) is 6.30. The second-order valence-electron chi connectivity index (χ2n) is 6.88. The summed E-state index contributed by atoms with van der Waals surface area (Å²) >= 11 is 12.0. The molecule has 0 aliphatic carbocycles. The molecule has 7 nitrogen and oxygen atoms in total. The average molecular weight is 471 g/mol. The highest BCUT2D eigenvalue weighted by atomic mass is 35.5. The van der Waals surface area contributed by atoms with E-state index < -0.39 is 17.8 Å². The Morgan fingerprint density at radius 2 is 1.81 bits per heavy atom. The Morgan fingerprint density at radius 3 is 2.50 bits per heavy atom. The predicted octanol–water partition coefficient (Wildman–Crippen LogP) is 4.83. The van der Waals surface area contributed by atoms with Crippen LogP contribution < -0.4 is 10.1 Å². The number of halogens is 2. The number of ether oxygens (including phenoxy) is 1. The van der Waals surface area contributed by atoms with Crippen molar-refractivity contribution in [2.24, 2.45) is 0 Å². The van der Waals surface area contributed by atoms with Crippen LogP contribution in [0.1, 0.15) is 16.9 Å². The molecule has 1 saturated heterocycles. The van der Waals surface area contributed by atoms with Gasteiger partial charge in [-0.1, -0.05) is 41.4 Å². The zero-order valence-electron chi connectivity index (χ0n) is 16.5. The number of nitrogens with zero attached hydrogens (tertiary/aromatic N) is 1. The molecule has 1 fully saturated rings. The minimum Gasteiger partial charge on any atom is -0.489 e. The molecular weight excluding hydrogens is 455 g/mol. The second kappa shape index (κ2) is 9.30. The van der Waals surface area contributed by atoms with Crippen molar-refractivity contribution in [1.29, 1.82) is 0 Å². The van der Waals surface area contributed by atoms with Crippen LogP contribution in [-0.2, 0) is 22.7 Å². The number of imide groups is 2. The third kappa shape index (κ3) is 4.85. The van der Waals surface area contributed by atoms with Gasteiger partial charge in [-0.15, -0.1) is 0 Å². The van der Waals surface area contributed by atoms with E-state index in [1.807, 2.05) is 0 Å². The molecule has 0 radical (unpaired) electrons. The van der Waals surface area contributed by atoms with E-state index >= 15 is 0 Å². The lowest BCUT2D eigenvalue weighted by Crippen LogP contribution is -2.53. The molecule has 0 unspecified atom stereocenters. The van der Waals surface area contributed by atoms with Crippen molar-refractivity contribution in [2.45, 2.75) is 13.2 Å². The molecule has 4 rings (SSSR count). The van der Waals surface area contributed by atoms with Crippen LogP contribution in [0.2, 0.25) is 10.0 Å². The molecule has 0 spiro atoms. The van der Waals surface area contributed by atoms with Crippen molar-refractivity contribution in [1.82, 2.24) is 10.2 Å². The minimum absolute atomic E-state index is 0.0810. The Hall–Kier alpha value is -3.55. The van der Waals surface area contributed by atoms with Gasteiger partial charge in [-0.05, 0) is 48.0 Å². The van der Waals surface area contributed by atoms with E-state index in [1.54, 1.807) is 54.6 Å². The molecule has 162 valence electrons. The monoisotopic (exact) mass is 470 g/mol. The summed E-state index contributed by atoms with van der Waals surface area (Å²) in [5, 5.41) is 3.22. The molecule has 4 amide bonds. The summed E-state index contributed by atoms with van der Waals surface area (Å²) in [6.45, 7) is 0.170. The van der Waals surface area contributed by atoms with E-state index in [0.717, 1.165) is 10.5 Å². The Morgan fingerprint density at radius 1 is 1.03 bits per heavy atom. The zero-order chi connectivity index (χ0) is 22.7. The number of carbonyl (C=O) groups excluding carboxylic acids is 3. The molecule has 1 aliphatic rings. The van der Waals surface area contributed by atoms with Crippen LogP contribution in [0.15, 0.2) is 70.9 Å². The zero-order valence-corrected chi connectivity index (χ0v) is 18.0. The Labute approximate surface area is 193 Å². The van der Waals surface area contributed by atoms with Gasteiger partial charge in [0.2, 0.25) is 0 Å². The second-order valence-corrected chi connectivity index (χ2v) is 7.73. The normalized spacial score (nSPS) is 15.2. The molecule has 2 aromatic carbocycles. The van der Waals surface area contributed by atoms with Crippen molar-refractivity contribution < 1.29 is 23.5 Å². The molecular formula is C23H16Cl2N2O5. The van der Waals surface area contributed by atoms with Crippen LogP contribution in [-0.4, -0.2) is 22.7 Å². The number of rotatable bonds is 6. The lowest BCUT2D eigenvalue weighted by atomic mass is 10.1. The molecule has 0 bridgehead atoms. The number of hydrogen-bond donors (Lipinski definition) is 1. The first-order chi connectivity index (χ1) is 15.4. The van der Waals surface area contributed by atoms with Crippen molar-refractivity contribution in [3.05, 3.63) is 93.4 Å².